The summed E-state index contributed by atoms with van der Waals surface area (Å²) < 4.78 is 0. The van der Waals surface area contributed by atoms with Crippen molar-refractivity contribution in [3.63, 3.8) is 0 Å². The number of nitrogens with one attached hydrogen (secondary N) is 1. The van der Waals surface area contributed by atoms with Crippen molar-refractivity contribution >= 4 is 0 Å². The summed E-state index contributed by atoms with van der Waals surface area (Å²) in [5, 5.41) is 3.28. The van der Waals surface area contributed by atoms with E-state index in [1.165, 1.54) is 24.0 Å². The van der Waals surface area contributed by atoms with Gasteiger partial charge in [-0.05, 0) is 45.4 Å². The molecule has 3 rings (SSSR count). The van der Waals surface area contributed by atoms with Crippen molar-refractivity contribution in [2.75, 3.05) is 13.6 Å². The molecule has 1 fully saturated rings. The van der Waals surface area contributed by atoms with Crippen LogP contribution in [0.5, 0.6) is 0 Å². The summed E-state index contributed by atoms with van der Waals surface area (Å²) in [6.07, 6.45) is 2.37. The minimum absolute atomic E-state index is 0.165. The SMILES string of the molecule is CNCC1(c2nc(C)cc(-c3ccccc3C)n2)CC1. The second-order valence-corrected chi connectivity index (χ2v) is 5.84. The number of aryl methyl sites for hydroxylation is 2. The van der Waals surface area contributed by atoms with E-state index in [-0.39, 0.29) is 5.41 Å². The number of benzene rings is 1. The molecule has 0 spiro atoms. The molecule has 1 saturated carbocycles. The maximum atomic E-state index is 4.87. The van der Waals surface area contributed by atoms with Crippen molar-refractivity contribution in [2.24, 2.45) is 0 Å². The Kier molecular flexibility index (Phi) is 3.30. The molecule has 104 valence electrons. The van der Waals surface area contributed by atoms with E-state index in [0.717, 1.165) is 23.8 Å². The van der Waals surface area contributed by atoms with Gasteiger partial charge in [0, 0.05) is 23.2 Å². The first-order valence-electron chi connectivity index (χ1n) is 7.21. The number of aromatic nitrogens is 2. The summed E-state index contributed by atoms with van der Waals surface area (Å²) >= 11 is 0. The number of nitrogens with zero attached hydrogens (tertiary/aromatic N) is 2. The molecule has 1 heterocycles. The summed E-state index contributed by atoms with van der Waals surface area (Å²) in [7, 11) is 2.00. The second kappa shape index (κ2) is 4.98. The van der Waals surface area contributed by atoms with Crippen LogP contribution in [-0.2, 0) is 5.41 Å². The first-order valence-corrected chi connectivity index (χ1v) is 7.21. The van der Waals surface area contributed by atoms with E-state index in [4.69, 9.17) is 9.97 Å². The molecule has 0 aliphatic heterocycles. The van der Waals surface area contributed by atoms with Gasteiger partial charge in [-0.2, -0.15) is 0 Å². The van der Waals surface area contributed by atoms with Crippen LogP contribution in [0.4, 0.5) is 0 Å². The van der Waals surface area contributed by atoms with Gasteiger partial charge in [0.25, 0.3) is 0 Å². The maximum absolute atomic E-state index is 4.87. The largest absolute Gasteiger partial charge is 0.319 e. The second-order valence-electron chi connectivity index (χ2n) is 5.84. The number of likely N-dealkylation sites (N-methyl/N-ethyl adjacent to an activating group) is 1. The van der Waals surface area contributed by atoms with Crippen LogP contribution < -0.4 is 5.32 Å². The minimum Gasteiger partial charge on any atom is -0.319 e. The quantitative estimate of drug-likeness (QED) is 0.925. The van der Waals surface area contributed by atoms with Crippen molar-refractivity contribution < 1.29 is 0 Å². The molecule has 0 atom stereocenters. The summed E-state index contributed by atoms with van der Waals surface area (Å²) in [6, 6.07) is 10.5. The molecule has 1 aromatic carbocycles. The minimum atomic E-state index is 0.165. The summed E-state index contributed by atoms with van der Waals surface area (Å²) in [5.74, 6) is 1.00. The lowest BCUT2D eigenvalue weighted by Gasteiger charge is -2.15. The molecule has 0 bridgehead atoms. The predicted octanol–water partition coefficient (Wildman–Crippen LogP) is 3.01. The fourth-order valence-electron chi connectivity index (χ4n) is 2.77. The third-order valence-corrected chi connectivity index (χ3v) is 4.12. The topological polar surface area (TPSA) is 37.8 Å². The Morgan fingerprint density at radius 3 is 2.55 bits per heavy atom. The monoisotopic (exact) mass is 267 g/mol. The standard InChI is InChI=1S/C17H21N3/c1-12-6-4-5-7-14(12)15-10-13(2)19-16(20-15)17(8-9-17)11-18-3/h4-7,10,18H,8-9,11H2,1-3H3. The molecule has 0 amide bonds. The van der Waals surface area contributed by atoms with Gasteiger partial charge in [-0.15, -0.1) is 0 Å². The molecule has 3 nitrogen and oxygen atoms in total. The molecule has 1 N–H and O–H groups in total. The normalized spacial score (nSPS) is 16.1. The molecule has 0 unspecified atom stereocenters. The summed E-state index contributed by atoms with van der Waals surface area (Å²) in [4.78, 5) is 9.56. The Morgan fingerprint density at radius 1 is 1.15 bits per heavy atom. The molecule has 3 heteroatoms. The highest BCUT2D eigenvalue weighted by Crippen LogP contribution is 2.46. The molecule has 1 aromatic heterocycles. The van der Waals surface area contributed by atoms with Crippen LogP contribution in [-0.4, -0.2) is 23.6 Å². The van der Waals surface area contributed by atoms with Gasteiger partial charge >= 0.3 is 0 Å². The Morgan fingerprint density at radius 2 is 1.90 bits per heavy atom. The average molecular weight is 267 g/mol. The zero-order chi connectivity index (χ0) is 14.2. The van der Waals surface area contributed by atoms with Gasteiger partial charge in [0.05, 0.1) is 5.69 Å². The lowest BCUT2D eigenvalue weighted by Crippen LogP contribution is -2.26. The lowest BCUT2D eigenvalue weighted by atomic mass is 10.0. The first-order chi connectivity index (χ1) is 9.64. The molecule has 1 aliphatic rings. The van der Waals surface area contributed by atoms with Crippen LogP contribution in [0.25, 0.3) is 11.3 Å². The zero-order valence-electron chi connectivity index (χ0n) is 12.4. The molecule has 20 heavy (non-hydrogen) atoms. The summed E-state index contributed by atoms with van der Waals surface area (Å²) in [6.45, 7) is 5.15. The number of rotatable bonds is 4. The van der Waals surface area contributed by atoms with Crippen molar-refractivity contribution in [3.8, 4) is 11.3 Å². The van der Waals surface area contributed by atoms with Gasteiger partial charge in [-0.25, -0.2) is 9.97 Å². The Balaban J connectivity index is 2.06. The van der Waals surface area contributed by atoms with Gasteiger partial charge < -0.3 is 5.32 Å². The molecule has 0 radical (unpaired) electrons. The van der Waals surface area contributed by atoms with E-state index in [1.807, 2.05) is 7.05 Å². The van der Waals surface area contributed by atoms with Crippen LogP contribution in [0.1, 0.15) is 29.9 Å². The van der Waals surface area contributed by atoms with Gasteiger partial charge in [-0.1, -0.05) is 24.3 Å². The van der Waals surface area contributed by atoms with E-state index >= 15 is 0 Å². The van der Waals surface area contributed by atoms with E-state index in [0.29, 0.717) is 0 Å². The average Bonchev–Trinajstić information content (AvgIpc) is 3.20. The fraction of sp³-hybridized carbons (Fsp3) is 0.412. The van der Waals surface area contributed by atoms with E-state index < -0.39 is 0 Å². The Bertz CT molecular complexity index is 630. The van der Waals surface area contributed by atoms with E-state index in [9.17, 15) is 0 Å². The van der Waals surface area contributed by atoms with Crippen LogP contribution in [0, 0.1) is 13.8 Å². The van der Waals surface area contributed by atoms with E-state index in [1.54, 1.807) is 0 Å². The van der Waals surface area contributed by atoms with Gasteiger partial charge in [0.15, 0.2) is 0 Å². The molecular weight excluding hydrogens is 246 g/mol. The van der Waals surface area contributed by atoms with Crippen LogP contribution in [0.3, 0.4) is 0 Å². The third-order valence-electron chi connectivity index (χ3n) is 4.12. The van der Waals surface area contributed by atoms with Gasteiger partial charge in [0.1, 0.15) is 5.82 Å². The smallest absolute Gasteiger partial charge is 0.136 e. The zero-order valence-corrected chi connectivity index (χ0v) is 12.4. The van der Waals surface area contributed by atoms with Gasteiger partial charge in [0.2, 0.25) is 0 Å². The molecule has 1 aliphatic carbocycles. The van der Waals surface area contributed by atoms with Crippen LogP contribution in [0.15, 0.2) is 30.3 Å². The fourth-order valence-corrected chi connectivity index (χ4v) is 2.77. The van der Waals surface area contributed by atoms with Crippen LogP contribution in [0.2, 0.25) is 0 Å². The van der Waals surface area contributed by atoms with Crippen LogP contribution >= 0.6 is 0 Å². The maximum Gasteiger partial charge on any atom is 0.136 e. The lowest BCUT2D eigenvalue weighted by molar-refractivity contribution is 0.586. The van der Waals surface area contributed by atoms with Gasteiger partial charge in [-0.3, -0.25) is 0 Å². The predicted molar refractivity (Wildman–Crippen MR) is 81.8 cm³/mol. The highest BCUT2D eigenvalue weighted by atomic mass is 15.0. The van der Waals surface area contributed by atoms with E-state index in [2.05, 4.69) is 49.5 Å². The Hall–Kier alpha value is -1.74. The van der Waals surface area contributed by atoms with Crippen molar-refractivity contribution in [3.05, 3.63) is 47.4 Å². The third kappa shape index (κ3) is 2.34. The molecule has 2 aromatic rings. The molecular formula is C17H21N3. The number of hydrogen-bond donors (Lipinski definition) is 1. The Labute approximate surface area is 120 Å². The highest BCUT2D eigenvalue weighted by Gasteiger charge is 2.46. The summed E-state index contributed by atoms with van der Waals surface area (Å²) in [5.41, 5.74) is 4.73. The number of hydrogen-bond acceptors (Lipinski definition) is 3. The molecule has 0 saturated heterocycles. The van der Waals surface area contributed by atoms with Crippen molar-refractivity contribution in [1.82, 2.24) is 15.3 Å². The van der Waals surface area contributed by atoms with Crippen molar-refractivity contribution in [1.29, 1.82) is 0 Å². The van der Waals surface area contributed by atoms with Crippen molar-refractivity contribution in [2.45, 2.75) is 32.1 Å². The first kappa shape index (κ1) is 13.3. The highest BCUT2D eigenvalue weighted by molar-refractivity contribution is 5.63.